The van der Waals surface area contributed by atoms with E-state index in [4.69, 9.17) is 0 Å². The number of carbonyl (C=O) groups excluding carboxylic acids is 1. The summed E-state index contributed by atoms with van der Waals surface area (Å²) in [7, 11) is 0. The molecule has 2 rings (SSSR count). The number of para-hydroxylation sites is 1. The summed E-state index contributed by atoms with van der Waals surface area (Å²) in [5.74, 6) is 0. The molecule has 0 saturated heterocycles. The normalized spacial score (nSPS) is 10.4. The molecule has 0 spiro atoms. The Balaban J connectivity index is 2.90. The van der Waals surface area contributed by atoms with Gasteiger partial charge < -0.3 is 0 Å². The van der Waals surface area contributed by atoms with Crippen molar-refractivity contribution in [1.29, 1.82) is 0 Å². The smallest absolute Gasteiger partial charge is 0.219 e. The number of fused-ring (bicyclic) bond motifs is 1. The van der Waals surface area contributed by atoms with Gasteiger partial charge in [-0.25, -0.2) is 0 Å². The van der Waals surface area contributed by atoms with Crippen molar-refractivity contribution < 1.29 is 4.79 Å². The molecule has 0 N–H and O–H groups in total. The van der Waals surface area contributed by atoms with Crippen LogP contribution in [-0.2, 0) is 4.79 Å². The summed E-state index contributed by atoms with van der Waals surface area (Å²) in [6.07, 6.45) is 0.798. The molecule has 0 radical (unpaired) electrons. The Kier molecular flexibility index (Phi) is 1.73. The van der Waals surface area contributed by atoms with Crippen molar-refractivity contribution in [2.75, 3.05) is 0 Å². The predicted octanol–water partition coefficient (Wildman–Crippen LogP) is 2.44. The van der Waals surface area contributed by atoms with Crippen LogP contribution in [0.15, 0.2) is 34.9 Å². The zero-order chi connectivity index (χ0) is 8.55. The fourth-order valence-electron chi connectivity index (χ4n) is 1.25. The highest BCUT2D eigenvalue weighted by molar-refractivity contribution is 9.10. The number of nitrogens with zero attached hydrogens (tertiary/aromatic N) is 1. The fourth-order valence-corrected chi connectivity index (χ4v) is 1.77. The topological polar surface area (TPSA) is 22.0 Å². The number of aromatic nitrogens is 1. The van der Waals surface area contributed by atoms with Gasteiger partial charge in [-0.3, -0.25) is 9.36 Å². The average molecular weight is 224 g/mol. The van der Waals surface area contributed by atoms with E-state index >= 15 is 0 Å². The highest BCUT2D eigenvalue weighted by Crippen LogP contribution is 2.21. The van der Waals surface area contributed by atoms with E-state index in [1.54, 1.807) is 4.57 Å². The Labute approximate surface area is 77.9 Å². The molecule has 12 heavy (non-hydrogen) atoms. The van der Waals surface area contributed by atoms with Crippen LogP contribution in [0, 0.1) is 0 Å². The van der Waals surface area contributed by atoms with E-state index in [2.05, 4.69) is 15.9 Å². The first-order chi connectivity index (χ1) is 5.83. The van der Waals surface area contributed by atoms with Crippen molar-refractivity contribution in [1.82, 2.24) is 4.57 Å². The third-order valence-corrected chi connectivity index (χ3v) is 2.42. The molecule has 3 heteroatoms. The molecule has 1 aromatic heterocycles. The highest BCUT2D eigenvalue weighted by atomic mass is 79.9. The highest BCUT2D eigenvalue weighted by Gasteiger charge is 2.03. The Hall–Kier alpha value is -1.09. The summed E-state index contributed by atoms with van der Waals surface area (Å²) in [6.45, 7) is 0. The molecule has 0 bridgehead atoms. The van der Waals surface area contributed by atoms with Crippen LogP contribution in [0.4, 0.5) is 0 Å². The quantitative estimate of drug-likeness (QED) is 0.682. The van der Waals surface area contributed by atoms with Crippen LogP contribution in [0.5, 0.6) is 0 Å². The monoisotopic (exact) mass is 223 g/mol. The summed E-state index contributed by atoms with van der Waals surface area (Å²) < 4.78 is 2.36. The minimum absolute atomic E-state index is 0.790. The number of hydrogen-bond acceptors (Lipinski definition) is 1. The second kappa shape index (κ2) is 2.75. The zero-order valence-electron chi connectivity index (χ0n) is 6.20. The summed E-state index contributed by atoms with van der Waals surface area (Å²) in [5.41, 5.74) is 0.930. The third-order valence-electron chi connectivity index (χ3n) is 1.81. The molecule has 2 nitrogen and oxygen atoms in total. The molecule has 2 aromatic rings. The summed E-state index contributed by atoms with van der Waals surface area (Å²) in [4.78, 5) is 10.6. The SMILES string of the molecule is O=Cn1c(Br)cc2ccccc21. The largest absolute Gasteiger partial charge is 0.278 e. The third kappa shape index (κ3) is 0.975. The molecule has 0 fully saturated rings. The number of carbonyl (C=O) groups is 1. The lowest BCUT2D eigenvalue weighted by Gasteiger charge is -1.93. The second-order valence-corrected chi connectivity index (χ2v) is 3.31. The van der Waals surface area contributed by atoms with Crippen molar-refractivity contribution in [2.24, 2.45) is 0 Å². The van der Waals surface area contributed by atoms with Crippen LogP contribution in [0.2, 0.25) is 0 Å². The van der Waals surface area contributed by atoms with E-state index in [1.807, 2.05) is 30.3 Å². The number of halogens is 1. The van der Waals surface area contributed by atoms with E-state index in [1.165, 1.54) is 0 Å². The van der Waals surface area contributed by atoms with Crippen molar-refractivity contribution in [3.63, 3.8) is 0 Å². The van der Waals surface area contributed by atoms with E-state index in [9.17, 15) is 4.79 Å². The number of benzene rings is 1. The Morgan fingerprint density at radius 2 is 2.08 bits per heavy atom. The summed E-state index contributed by atoms with van der Waals surface area (Å²) in [5, 5.41) is 1.07. The van der Waals surface area contributed by atoms with Crippen LogP contribution in [0.3, 0.4) is 0 Å². The second-order valence-electron chi connectivity index (χ2n) is 2.50. The van der Waals surface area contributed by atoms with Crippen LogP contribution < -0.4 is 0 Å². The molecule has 1 heterocycles. The lowest BCUT2D eigenvalue weighted by Crippen LogP contribution is -1.92. The van der Waals surface area contributed by atoms with Crippen LogP contribution in [-0.4, -0.2) is 11.0 Å². The standard InChI is InChI=1S/C9H6BrNO/c10-9-5-7-3-1-2-4-8(7)11(9)6-12/h1-6H. The van der Waals surface area contributed by atoms with Gasteiger partial charge in [0.1, 0.15) is 0 Å². The molecule has 0 aliphatic rings. The van der Waals surface area contributed by atoms with E-state index < -0.39 is 0 Å². The number of rotatable bonds is 1. The maximum Gasteiger partial charge on any atom is 0.219 e. The van der Waals surface area contributed by atoms with Crippen molar-refractivity contribution in [2.45, 2.75) is 0 Å². The first kappa shape index (κ1) is 7.55. The Morgan fingerprint density at radius 3 is 2.83 bits per heavy atom. The Bertz CT molecular complexity index is 433. The zero-order valence-corrected chi connectivity index (χ0v) is 7.78. The Morgan fingerprint density at radius 1 is 1.33 bits per heavy atom. The minimum atomic E-state index is 0.790. The summed E-state index contributed by atoms with van der Waals surface area (Å²) in [6, 6.07) is 9.66. The lowest BCUT2D eigenvalue weighted by molar-refractivity contribution is 0.548. The molecule has 0 atom stereocenters. The van der Waals surface area contributed by atoms with Crippen LogP contribution in [0.1, 0.15) is 0 Å². The van der Waals surface area contributed by atoms with Crippen molar-refractivity contribution >= 4 is 33.2 Å². The lowest BCUT2D eigenvalue weighted by atomic mass is 10.2. The van der Waals surface area contributed by atoms with Gasteiger partial charge in [-0.1, -0.05) is 18.2 Å². The molecule has 0 saturated carbocycles. The van der Waals surface area contributed by atoms with Gasteiger partial charge in [0, 0.05) is 5.39 Å². The predicted molar refractivity (Wildman–Crippen MR) is 51.8 cm³/mol. The fraction of sp³-hybridized carbons (Fsp3) is 0. The number of hydrogen-bond donors (Lipinski definition) is 0. The van der Waals surface area contributed by atoms with Crippen LogP contribution >= 0.6 is 15.9 Å². The van der Waals surface area contributed by atoms with Crippen molar-refractivity contribution in [3.8, 4) is 0 Å². The first-order valence-corrected chi connectivity index (χ1v) is 4.33. The van der Waals surface area contributed by atoms with Crippen LogP contribution in [0.25, 0.3) is 10.9 Å². The molecule has 0 amide bonds. The van der Waals surface area contributed by atoms with Gasteiger partial charge in [0.05, 0.1) is 10.1 Å². The molecule has 0 aliphatic carbocycles. The maximum absolute atomic E-state index is 10.6. The molecular formula is C9H6BrNO. The van der Waals surface area contributed by atoms with Gasteiger partial charge in [-0.15, -0.1) is 0 Å². The molecule has 0 unspecified atom stereocenters. The average Bonchev–Trinajstić information content (AvgIpc) is 2.40. The first-order valence-electron chi connectivity index (χ1n) is 3.53. The van der Waals surface area contributed by atoms with Gasteiger partial charge in [0.15, 0.2) is 0 Å². The van der Waals surface area contributed by atoms with Crippen molar-refractivity contribution in [3.05, 3.63) is 34.9 Å². The van der Waals surface area contributed by atoms with Gasteiger partial charge in [-0.05, 0) is 28.1 Å². The van der Waals surface area contributed by atoms with Gasteiger partial charge >= 0.3 is 0 Å². The molecular weight excluding hydrogens is 218 g/mol. The van der Waals surface area contributed by atoms with Gasteiger partial charge in [0.2, 0.25) is 6.41 Å². The molecule has 1 aromatic carbocycles. The molecule has 0 aliphatic heterocycles. The van der Waals surface area contributed by atoms with E-state index in [0.29, 0.717) is 0 Å². The van der Waals surface area contributed by atoms with E-state index in [-0.39, 0.29) is 0 Å². The summed E-state index contributed by atoms with van der Waals surface area (Å²) >= 11 is 3.30. The molecule has 60 valence electrons. The van der Waals surface area contributed by atoms with Gasteiger partial charge in [0.25, 0.3) is 0 Å². The van der Waals surface area contributed by atoms with Gasteiger partial charge in [-0.2, -0.15) is 0 Å². The maximum atomic E-state index is 10.6. The minimum Gasteiger partial charge on any atom is -0.278 e. The van der Waals surface area contributed by atoms with E-state index in [0.717, 1.165) is 21.9 Å².